The van der Waals surface area contributed by atoms with Crippen LogP contribution in [0.2, 0.25) is 0 Å². The van der Waals surface area contributed by atoms with Crippen molar-refractivity contribution in [3.63, 3.8) is 0 Å². The van der Waals surface area contributed by atoms with E-state index in [1.165, 1.54) is 0 Å². The van der Waals surface area contributed by atoms with Crippen molar-refractivity contribution in [1.82, 2.24) is 4.90 Å². The van der Waals surface area contributed by atoms with Gasteiger partial charge < -0.3 is 4.74 Å². The van der Waals surface area contributed by atoms with Gasteiger partial charge in [0.15, 0.2) is 0 Å². The third-order valence-corrected chi connectivity index (χ3v) is 1.93. The lowest BCUT2D eigenvalue weighted by Gasteiger charge is -2.29. The molecule has 0 spiro atoms. The molecule has 1 saturated heterocycles. The normalized spacial score (nSPS) is 22.8. The Bertz CT molecular complexity index is 203. The van der Waals surface area contributed by atoms with Crippen LogP contribution < -0.4 is 0 Å². The Morgan fingerprint density at radius 2 is 1.92 bits per heavy atom. The van der Waals surface area contributed by atoms with Crippen LogP contribution >= 0.6 is 0 Å². The Morgan fingerprint density at radius 3 is 2.08 bits per heavy atom. The first-order chi connectivity index (χ1) is 5.22. The van der Waals surface area contributed by atoms with Gasteiger partial charge in [0.05, 0.1) is 6.54 Å². The van der Waals surface area contributed by atoms with E-state index in [1.807, 2.05) is 34.6 Å². The number of nitrogens with zero attached hydrogens (tertiary/aromatic N) is 1. The van der Waals surface area contributed by atoms with Crippen LogP contribution in [0.5, 0.6) is 0 Å². The van der Waals surface area contributed by atoms with Gasteiger partial charge in [-0.2, -0.15) is 0 Å². The molecule has 0 radical (unpaired) electrons. The number of hydrogen-bond acceptors (Lipinski definition) is 2. The van der Waals surface area contributed by atoms with Gasteiger partial charge in [-0.25, -0.2) is 4.79 Å². The van der Waals surface area contributed by atoms with Crippen molar-refractivity contribution in [3.05, 3.63) is 0 Å². The summed E-state index contributed by atoms with van der Waals surface area (Å²) in [5.74, 6) is 0. The summed E-state index contributed by atoms with van der Waals surface area (Å²) in [6.45, 7) is 10.6. The Hall–Kier alpha value is -0.730. The third-order valence-electron chi connectivity index (χ3n) is 1.93. The fraction of sp³-hybridized carbons (Fsp3) is 0.889. The van der Waals surface area contributed by atoms with Gasteiger partial charge in [-0.05, 0) is 34.6 Å². The van der Waals surface area contributed by atoms with Gasteiger partial charge in [0, 0.05) is 5.54 Å². The molecule has 1 rings (SSSR count). The monoisotopic (exact) mass is 171 g/mol. The second-order valence-corrected chi connectivity index (χ2v) is 4.88. The number of hydrogen-bond donors (Lipinski definition) is 0. The zero-order valence-electron chi connectivity index (χ0n) is 8.47. The first-order valence-corrected chi connectivity index (χ1v) is 4.23. The SMILES string of the molecule is CC1(C)CN(C(C)(C)C)C(=O)O1. The molecule has 0 N–H and O–H groups in total. The molecule has 0 atom stereocenters. The van der Waals surface area contributed by atoms with Gasteiger partial charge in [-0.3, -0.25) is 4.90 Å². The lowest BCUT2D eigenvalue weighted by molar-refractivity contribution is 0.0845. The highest BCUT2D eigenvalue weighted by Gasteiger charge is 2.42. The summed E-state index contributed by atoms with van der Waals surface area (Å²) >= 11 is 0. The predicted molar refractivity (Wildman–Crippen MR) is 47.0 cm³/mol. The van der Waals surface area contributed by atoms with Gasteiger partial charge >= 0.3 is 6.09 Å². The third kappa shape index (κ3) is 1.71. The summed E-state index contributed by atoms with van der Waals surface area (Å²) in [6, 6.07) is 0. The topological polar surface area (TPSA) is 29.5 Å². The summed E-state index contributed by atoms with van der Waals surface area (Å²) in [6.07, 6.45) is -0.201. The van der Waals surface area contributed by atoms with E-state index in [1.54, 1.807) is 4.90 Å². The van der Waals surface area contributed by atoms with E-state index in [0.29, 0.717) is 6.54 Å². The molecule has 12 heavy (non-hydrogen) atoms. The van der Waals surface area contributed by atoms with E-state index in [-0.39, 0.29) is 17.2 Å². The molecule has 0 unspecified atom stereocenters. The van der Waals surface area contributed by atoms with Crippen LogP contribution in [0.1, 0.15) is 34.6 Å². The fourth-order valence-electron chi connectivity index (χ4n) is 1.28. The minimum Gasteiger partial charge on any atom is -0.441 e. The van der Waals surface area contributed by atoms with Gasteiger partial charge in [-0.1, -0.05) is 0 Å². The zero-order valence-corrected chi connectivity index (χ0v) is 8.47. The van der Waals surface area contributed by atoms with E-state index in [2.05, 4.69) is 0 Å². The molecule has 0 bridgehead atoms. The first-order valence-electron chi connectivity index (χ1n) is 4.23. The molecule has 3 nitrogen and oxygen atoms in total. The summed E-state index contributed by atoms with van der Waals surface area (Å²) in [4.78, 5) is 13.1. The van der Waals surface area contributed by atoms with Crippen LogP contribution in [-0.2, 0) is 4.74 Å². The molecule has 70 valence electrons. The number of amides is 1. The molecule has 0 saturated carbocycles. The molecule has 1 aliphatic rings. The predicted octanol–water partition coefficient (Wildman–Crippen LogP) is 2.02. The molecule has 1 amide bonds. The molecule has 1 aliphatic heterocycles. The van der Waals surface area contributed by atoms with Gasteiger partial charge in [0.1, 0.15) is 5.60 Å². The van der Waals surface area contributed by atoms with E-state index < -0.39 is 0 Å². The average molecular weight is 171 g/mol. The van der Waals surface area contributed by atoms with E-state index in [9.17, 15) is 4.79 Å². The van der Waals surface area contributed by atoms with Crippen molar-refractivity contribution in [1.29, 1.82) is 0 Å². The summed E-state index contributed by atoms with van der Waals surface area (Å²) in [5, 5.41) is 0. The maximum absolute atomic E-state index is 11.3. The highest BCUT2D eigenvalue weighted by molar-refractivity contribution is 5.71. The molecular weight excluding hydrogens is 154 g/mol. The summed E-state index contributed by atoms with van der Waals surface area (Å²) in [7, 11) is 0. The maximum Gasteiger partial charge on any atom is 0.410 e. The highest BCUT2D eigenvalue weighted by Crippen LogP contribution is 2.27. The first kappa shape index (κ1) is 9.36. The van der Waals surface area contributed by atoms with Crippen LogP contribution in [0, 0.1) is 0 Å². The molecule has 1 heterocycles. The van der Waals surface area contributed by atoms with E-state index >= 15 is 0 Å². The van der Waals surface area contributed by atoms with Gasteiger partial charge in [0.2, 0.25) is 0 Å². The van der Waals surface area contributed by atoms with Crippen molar-refractivity contribution in [2.75, 3.05) is 6.54 Å². The molecule has 0 aromatic carbocycles. The van der Waals surface area contributed by atoms with E-state index in [4.69, 9.17) is 4.74 Å². The van der Waals surface area contributed by atoms with Crippen LogP contribution in [0.4, 0.5) is 4.79 Å². The molecule has 0 aromatic heterocycles. The number of cyclic esters (lactones) is 1. The molecule has 1 fully saturated rings. The Kier molecular flexibility index (Phi) is 1.85. The lowest BCUT2D eigenvalue weighted by atomic mass is 10.0. The Balaban J connectivity index is 2.78. The number of rotatable bonds is 0. The van der Waals surface area contributed by atoms with Crippen LogP contribution in [0.15, 0.2) is 0 Å². The molecule has 3 heteroatoms. The van der Waals surface area contributed by atoms with Crippen LogP contribution in [0.3, 0.4) is 0 Å². The lowest BCUT2D eigenvalue weighted by Crippen LogP contribution is -2.43. The largest absolute Gasteiger partial charge is 0.441 e. The smallest absolute Gasteiger partial charge is 0.410 e. The average Bonchev–Trinajstić information content (AvgIpc) is 2.03. The quantitative estimate of drug-likeness (QED) is 0.558. The minimum absolute atomic E-state index is 0.134. The fourth-order valence-corrected chi connectivity index (χ4v) is 1.28. The van der Waals surface area contributed by atoms with Crippen molar-refractivity contribution in [3.8, 4) is 0 Å². The zero-order chi connectivity index (χ0) is 9.57. The summed E-state index contributed by atoms with van der Waals surface area (Å²) < 4.78 is 5.17. The molecule has 0 aromatic rings. The number of carbonyl (C=O) groups excluding carboxylic acids is 1. The van der Waals surface area contributed by atoms with Gasteiger partial charge in [0.25, 0.3) is 0 Å². The van der Waals surface area contributed by atoms with Crippen molar-refractivity contribution < 1.29 is 9.53 Å². The number of ether oxygens (including phenoxy) is 1. The van der Waals surface area contributed by atoms with Crippen LogP contribution in [-0.4, -0.2) is 28.7 Å². The van der Waals surface area contributed by atoms with Crippen molar-refractivity contribution in [2.45, 2.75) is 45.8 Å². The Morgan fingerprint density at radius 1 is 1.42 bits per heavy atom. The maximum atomic E-state index is 11.3. The molecular formula is C9H17NO2. The van der Waals surface area contributed by atoms with E-state index in [0.717, 1.165) is 0 Å². The number of carbonyl (C=O) groups is 1. The highest BCUT2D eigenvalue weighted by atomic mass is 16.6. The van der Waals surface area contributed by atoms with Crippen molar-refractivity contribution in [2.24, 2.45) is 0 Å². The Labute approximate surface area is 73.7 Å². The van der Waals surface area contributed by atoms with Crippen LogP contribution in [0.25, 0.3) is 0 Å². The van der Waals surface area contributed by atoms with Crippen molar-refractivity contribution >= 4 is 6.09 Å². The second-order valence-electron chi connectivity index (χ2n) is 4.88. The standard InChI is InChI=1S/C9H17NO2/c1-8(2,3)10-6-9(4,5)12-7(10)11/h6H2,1-5H3. The second kappa shape index (κ2) is 2.38. The summed E-state index contributed by atoms with van der Waals surface area (Å²) in [5.41, 5.74) is -0.463. The molecule has 0 aliphatic carbocycles. The minimum atomic E-state index is -0.329. The van der Waals surface area contributed by atoms with Gasteiger partial charge in [-0.15, -0.1) is 0 Å².